The average Bonchev–Trinajstić information content (AvgIpc) is 2.49. The number of carbonyl (C=O) groups excluding carboxylic acids is 1. The maximum absolute atomic E-state index is 12.2. The van der Waals surface area contributed by atoms with Gasteiger partial charge in [0.05, 0.1) is 17.2 Å². The van der Waals surface area contributed by atoms with Crippen LogP contribution < -0.4 is 10.6 Å². The zero-order valence-electron chi connectivity index (χ0n) is 13.4. The normalized spacial score (nSPS) is 18.1. The molecule has 1 aliphatic rings. The van der Waals surface area contributed by atoms with Crippen LogP contribution in [0.25, 0.3) is 0 Å². The Hall–Kier alpha value is -1.70. The van der Waals surface area contributed by atoms with Gasteiger partial charge in [0.25, 0.3) is 5.69 Å². The number of aryl methyl sites for hydroxylation is 1. The quantitative estimate of drug-likeness (QED) is 0.630. The van der Waals surface area contributed by atoms with Crippen molar-refractivity contribution in [2.45, 2.75) is 25.8 Å². The molecule has 0 aliphatic carbocycles. The molecule has 0 spiro atoms. The van der Waals surface area contributed by atoms with Gasteiger partial charge in [0.15, 0.2) is 0 Å². The number of piperidine rings is 1. The molecular weight excluding hydrogens is 320 g/mol. The lowest BCUT2D eigenvalue weighted by atomic mass is 10.1. The Kier molecular flexibility index (Phi) is 7.41. The first-order chi connectivity index (χ1) is 10.5. The van der Waals surface area contributed by atoms with E-state index >= 15 is 0 Å². The van der Waals surface area contributed by atoms with E-state index < -0.39 is 4.92 Å². The number of nitrogens with zero attached hydrogens (tertiary/aromatic N) is 2. The van der Waals surface area contributed by atoms with Crippen molar-refractivity contribution in [3.8, 4) is 0 Å². The highest BCUT2D eigenvalue weighted by Gasteiger charge is 2.20. The Labute approximate surface area is 142 Å². The molecule has 2 rings (SSSR count). The number of nitro groups is 1. The number of nitro benzene ring substituents is 1. The van der Waals surface area contributed by atoms with Crippen LogP contribution in [-0.2, 0) is 4.79 Å². The van der Waals surface area contributed by atoms with Gasteiger partial charge < -0.3 is 10.6 Å². The van der Waals surface area contributed by atoms with E-state index in [4.69, 9.17) is 0 Å². The van der Waals surface area contributed by atoms with Crippen molar-refractivity contribution < 1.29 is 9.72 Å². The lowest BCUT2D eigenvalue weighted by molar-refractivity contribution is -0.384. The predicted octanol–water partition coefficient (Wildman–Crippen LogP) is 1.95. The second-order valence-corrected chi connectivity index (χ2v) is 5.67. The third kappa shape index (κ3) is 5.46. The van der Waals surface area contributed by atoms with Crippen molar-refractivity contribution in [1.82, 2.24) is 10.2 Å². The third-order valence-electron chi connectivity index (χ3n) is 3.99. The fourth-order valence-corrected chi connectivity index (χ4v) is 2.69. The van der Waals surface area contributed by atoms with Crippen LogP contribution in [0.5, 0.6) is 0 Å². The van der Waals surface area contributed by atoms with E-state index in [0.29, 0.717) is 18.3 Å². The Balaban J connectivity index is 0.00000264. The molecular formula is C15H23ClN4O3. The fraction of sp³-hybridized carbons (Fsp3) is 0.533. The summed E-state index contributed by atoms with van der Waals surface area (Å²) in [5, 5.41) is 16.8. The van der Waals surface area contributed by atoms with E-state index in [9.17, 15) is 14.9 Å². The maximum atomic E-state index is 12.2. The molecule has 1 heterocycles. The molecule has 23 heavy (non-hydrogen) atoms. The van der Waals surface area contributed by atoms with Crippen molar-refractivity contribution in [3.05, 3.63) is 33.9 Å². The molecule has 1 saturated heterocycles. The smallest absolute Gasteiger partial charge is 0.271 e. The van der Waals surface area contributed by atoms with Crippen molar-refractivity contribution >= 4 is 29.7 Å². The summed E-state index contributed by atoms with van der Waals surface area (Å²) in [5.74, 6) is -0.139. The first kappa shape index (κ1) is 19.3. The van der Waals surface area contributed by atoms with Gasteiger partial charge in [-0.05, 0) is 38.9 Å². The van der Waals surface area contributed by atoms with Crippen LogP contribution in [0.4, 0.5) is 11.4 Å². The van der Waals surface area contributed by atoms with E-state index in [2.05, 4.69) is 15.5 Å². The van der Waals surface area contributed by atoms with Crippen LogP contribution in [0.1, 0.15) is 18.4 Å². The van der Waals surface area contributed by atoms with E-state index in [1.54, 1.807) is 6.07 Å². The Morgan fingerprint density at radius 3 is 2.87 bits per heavy atom. The number of anilines is 1. The van der Waals surface area contributed by atoms with E-state index in [0.717, 1.165) is 31.5 Å². The van der Waals surface area contributed by atoms with Gasteiger partial charge in [0.1, 0.15) is 0 Å². The number of hydrogen-bond donors (Lipinski definition) is 2. The summed E-state index contributed by atoms with van der Waals surface area (Å²) in [6.07, 6.45) is 2.19. The summed E-state index contributed by atoms with van der Waals surface area (Å²) in [7, 11) is 1.93. The Morgan fingerprint density at radius 1 is 1.48 bits per heavy atom. The van der Waals surface area contributed by atoms with Crippen LogP contribution in [0.3, 0.4) is 0 Å². The molecule has 1 unspecified atom stereocenters. The minimum absolute atomic E-state index is 0. The van der Waals surface area contributed by atoms with Gasteiger partial charge in [-0.25, -0.2) is 0 Å². The second kappa shape index (κ2) is 8.81. The lowest BCUT2D eigenvalue weighted by Gasteiger charge is -2.31. The molecule has 1 aromatic carbocycles. The van der Waals surface area contributed by atoms with Crippen LogP contribution in [0.15, 0.2) is 18.2 Å². The Morgan fingerprint density at radius 2 is 2.22 bits per heavy atom. The number of benzene rings is 1. The molecule has 1 aliphatic heterocycles. The monoisotopic (exact) mass is 342 g/mol. The van der Waals surface area contributed by atoms with Gasteiger partial charge >= 0.3 is 0 Å². The lowest BCUT2D eigenvalue weighted by Crippen LogP contribution is -2.46. The standard InChI is InChI=1S/C15H22N4O3.ClH/c1-11-5-6-13(19(21)22)8-14(11)17-15(20)10-18-7-3-4-12(9-18)16-2;/h5-6,8,12,16H,3-4,7,9-10H2,1-2H3,(H,17,20);1H. The predicted molar refractivity (Wildman–Crippen MR) is 92.2 cm³/mol. The minimum Gasteiger partial charge on any atom is -0.324 e. The molecule has 1 atom stereocenters. The van der Waals surface area contributed by atoms with E-state index in [1.165, 1.54) is 12.1 Å². The molecule has 0 radical (unpaired) electrons. The number of nitrogens with one attached hydrogen (secondary N) is 2. The summed E-state index contributed by atoms with van der Waals surface area (Å²) in [6, 6.07) is 4.90. The van der Waals surface area contributed by atoms with Gasteiger partial charge in [-0.1, -0.05) is 6.07 Å². The zero-order chi connectivity index (χ0) is 16.1. The SMILES string of the molecule is CNC1CCCN(CC(=O)Nc2cc([N+](=O)[O-])ccc2C)C1.Cl. The number of rotatable bonds is 5. The van der Waals surface area contributed by atoms with Crippen molar-refractivity contribution in [1.29, 1.82) is 0 Å². The summed E-state index contributed by atoms with van der Waals surface area (Å²) in [6.45, 7) is 3.87. The molecule has 1 aromatic rings. The number of halogens is 1. The summed E-state index contributed by atoms with van der Waals surface area (Å²) >= 11 is 0. The summed E-state index contributed by atoms with van der Waals surface area (Å²) in [4.78, 5) is 24.6. The first-order valence-electron chi connectivity index (χ1n) is 7.44. The van der Waals surface area contributed by atoms with Gasteiger partial charge in [0.2, 0.25) is 5.91 Å². The van der Waals surface area contributed by atoms with Crippen molar-refractivity contribution in [3.63, 3.8) is 0 Å². The molecule has 0 saturated carbocycles. The number of carbonyl (C=O) groups is 1. The third-order valence-corrected chi connectivity index (χ3v) is 3.99. The number of hydrogen-bond acceptors (Lipinski definition) is 5. The molecule has 0 bridgehead atoms. The fourth-order valence-electron chi connectivity index (χ4n) is 2.69. The van der Waals surface area contributed by atoms with Crippen LogP contribution in [0.2, 0.25) is 0 Å². The highest BCUT2D eigenvalue weighted by molar-refractivity contribution is 5.93. The zero-order valence-corrected chi connectivity index (χ0v) is 14.2. The molecule has 7 nitrogen and oxygen atoms in total. The van der Waals surface area contributed by atoms with Crippen LogP contribution in [0, 0.1) is 17.0 Å². The summed E-state index contributed by atoms with van der Waals surface area (Å²) in [5.41, 5.74) is 1.29. The number of likely N-dealkylation sites (tertiary alicyclic amines) is 1. The van der Waals surface area contributed by atoms with E-state index in [1.807, 2.05) is 14.0 Å². The highest BCUT2D eigenvalue weighted by atomic mass is 35.5. The highest BCUT2D eigenvalue weighted by Crippen LogP contribution is 2.22. The van der Waals surface area contributed by atoms with Gasteiger partial charge in [-0.3, -0.25) is 19.8 Å². The second-order valence-electron chi connectivity index (χ2n) is 5.67. The number of amides is 1. The minimum atomic E-state index is -0.461. The molecule has 128 valence electrons. The molecule has 1 amide bonds. The topological polar surface area (TPSA) is 87.5 Å². The number of likely N-dealkylation sites (N-methyl/N-ethyl adjacent to an activating group) is 1. The van der Waals surface area contributed by atoms with Crippen LogP contribution >= 0.6 is 12.4 Å². The largest absolute Gasteiger partial charge is 0.324 e. The van der Waals surface area contributed by atoms with Gasteiger partial charge in [-0.15, -0.1) is 12.4 Å². The maximum Gasteiger partial charge on any atom is 0.271 e. The molecule has 8 heteroatoms. The molecule has 0 aromatic heterocycles. The van der Waals surface area contributed by atoms with Crippen molar-refractivity contribution in [2.24, 2.45) is 0 Å². The van der Waals surface area contributed by atoms with Gasteiger partial charge in [-0.2, -0.15) is 0 Å². The Bertz CT molecular complexity index is 568. The van der Waals surface area contributed by atoms with Crippen LogP contribution in [-0.4, -0.2) is 48.5 Å². The van der Waals surface area contributed by atoms with Gasteiger partial charge in [0, 0.05) is 24.7 Å². The molecule has 2 N–H and O–H groups in total. The van der Waals surface area contributed by atoms with E-state index in [-0.39, 0.29) is 24.0 Å². The molecule has 1 fully saturated rings. The number of non-ortho nitro benzene ring substituents is 1. The van der Waals surface area contributed by atoms with Crippen molar-refractivity contribution in [2.75, 3.05) is 32.0 Å². The summed E-state index contributed by atoms with van der Waals surface area (Å²) < 4.78 is 0. The first-order valence-corrected chi connectivity index (χ1v) is 7.44. The average molecular weight is 343 g/mol.